The minimum Gasteiger partial charge on any atom is -0.482 e. The number of carboxylic acids is 1. The summed E-state index contributed by atoms with van der Waals surface area (Å²) in [7, 11) is 3.40. The lowest BCUT2D eigenvalue weighted by Gasteiger charge is -2.33. The van der Waals surface area contributed by atoms with Gasteiger partial charge in [0.2, 0.25) is 0 Å². The van der Waals surface area contributed by atoms with E-state index < -0.39 is 5.97 Å². The summed E-state index contributed by atoms with van der Waals surface area (Å²) in [6, 6.07) is 5.85. The number of unbranched alkanes of at least 4 members (excludes halogenated alkanes) is 2. The fourth-order valence-corrected chi connectivity index (χ4v) is 5.59. The summed E-state index contributed by atoms with van der Waals surface area (Å²) in [6.07, 6.45) is 7.37. The lowest BCUT2D eigenvalue weighted by Crippen LogP contribution is -2.31. The molecule has 0 radical (unpaired) electrons. The highest BCUT2D eigenvalue weighted by molar-refractivity contribution is 5.68. The number of carboxylic acid groups (broad SMARTS) is 1. The Bertz CT molecular complexity index is 810. The lowest BCUT2D eigenvalue weighted by molar-refractivity contribution is -0.139. The number of fused-ring (bicyclic) bond motifs is 2. The van der Waals surface area contributed by atoms with Crippen LogP contribution in [0, 0.1) is 17.8 Å². The summed E-state index contributed by atoms with van der Waals surface area (Å²) in [6.45, 7) is 1.82. The van der Waals surface area contributed by atoms with Gasteiger partial charge in [-0.2, -0.15) is 0 Å². The van der Waals surface area contributed by atoms with Crippen molar-refractivity contribution < 1.29 is 29.3 Å². The Hall–Kier alpha value is -2.28. The Labute approximate surface area is 197 Å². The Kier molecular flexibility index (Phi) is 9.01. The SMILES string of the molecule is CCCCC[C@@H](CC[C@@H]1[C@H]2Cc3cccc(OCC(=O)O)c3C[C@H]2C[C@H]1O)OC(=O)N(C)C. The van der Waals surface area contributed by atoms with Gasteiger partial charge in [0.25, 0.3) is 0 Å². The van der Waals surface area contributed by atoms with E-state index in [4.69, 9.17) is 14.6 Å². The van der Waals surface area contributed by atoms with Gasteiger partial charge in [0, 0.05) is 14.1 Å². The first-order chi connectivity index (χ1) is 15.8. The van der Waals surface area contributed by atoms with E-state index in [0.717, 1.165) is 63.4 Å². The zero-order chi connectivity index (χ0) is 24.0. The van der Waals surface area contributed by atoms with E-state index in [0.29, 0.717) is 17.6 Å². The van der Waals surface area contributed by atoms with Gasteiger partial charge in [0.1, 0.15) is 11.9 Å². The van der Waals surface area contributed by atoms with Gasteiger partial charge in [-0.25, -0.2) is 9.59 Å². The number of hydrogen-bond acceptors (Lipinski definition) is 5. The number of carbonyl (C=O) groups is 2. The van der Waals surface area contributed by atoms with Crippen molar-refractivity contribution in [3.8, 4) is 5.75 Å². The van der Waals surface area contributed by atoms with Crippen LogP contribution in [0.4, 0.5) is 4.79 Å². The van der Waals surface area contributed by atoms with E-state index in [1.807, 2.05) is 12.1 Å². The molecule has 2 N–H and O–H groups in total. The van der Waals surface area contributed by atoms with Crippen LogP contribution in [0.2, 0.25) is 0 Å². The van der Waals surface area contributed by atoms with Crippen molar-refractivity contribution in [1.82, 2.24) is 4.90 Å². The average molecular weight is 462 g/mol. The van der Waals surface area contributed by atoms with E-state index in [9.17, 15) is 14.7 Å². The molecule has 0 heterocycles. The maximum absolute atomic E-state index is 12.1. The molecule has 1 aromatic rings. The number of aliphatic hydroxyl groups excluding tert-OH is 1. The number of amides is 1. The molecule has 0 aliphatic heterocycles. The maximum Gasteiger partial charge on any atom is 0.409 e. The second-order valence-electron chi connectivity index (χ2n) is 9.85. The standard InChI is InChI=1S/C26H39NO6/c1-4-5-6-9-19(33-26(31)27(2)3)11-12-20-21-13-17-8-7-10-24(32-16-25(29)30)22(17)14-18(21)15-23(20)28/h7-8,10,18-21,23,28H,4-6,9,11-16H2,1-3H3,(H,29,30)/t18-,19-,20+,21-,23+/m0/s1. The summed E-state index contributed by atoms with van der Waals surface area (Å²) < 4.78 is 11.3. The van der Waals surface area contributed by atoms with E-state index in [1.165, 1.54) is 10.5 Å². The predicted octanol–water partition coefficient (Wildman–Crippen LogP) is 4.29. The van der Waals surface area contributed by atoms with Crippen molar-refractivity contribution in [1.29, 1.82) is 0 Å². The number of nitrogens with zero attached hydrogens (tertiary/aromatic N) is 1. The second-order valence-corrected chi connectivity index (χ2v) is 9.85. The smallest absolute Gasteiger partial charge is 0.409 e. The molecular formula is C26H39NO6. The Morgan fingerprint density at radius 1 is 1.18 bits per heavy atom. The molecule has 33 heavy (non-hydrogen) atoms. The number of aliphatic hydroxyl groups is 1. The van der Waals surface area contributed by atoms with E-state index >= 15 is 0 Å². The van der Waals surface area contributed by atoms with Crippen molar-refractivity contribution in [2.75, 3.05) is 20.7 Å². The molecule has 1 saturated carbocycles. The third kappa shape index (κ3) is 6.62. The minimum atomic E-state index is -0.985. The third-order valence-corrected chi connectivity index (χ3v) is 7.28. The molecule has 184 valence electrons. The molecule has 0 aromatic heterocycles. The van der Waals surface area contributed by atoms with Gasteiger partial charge in [-0.15, -0.1) is 0 Å². The van der Waals surface area contributed by atoms with Crippen LogP contribution >= 0.6 is 0 Å². The van der Waals surface area contributed by atoms with Crippen molar-refractivity contribution in [2.24, 2.45) is 17.8 Å². The first kappa shape index (κ1) is 25.3. The molecule has 1 fully saturated rings. The van der Waals surface area contributed by atoms with Gasteiger partial charge in [-0.3, -0.25) is 0 Å². The minimum absolute atomic E-state index is 0.121. The quantitative estimate of drug-likeness (QED) is 0.477. The number of ether oxygens (including phenoxy) is 2. The molecule has 1 amide bonds. The van der Waals surface area contributed by atoms with Crippen LogP contribution in [0.3, 0.4) is 0 Å². The molecule has 0 saturated heterocycles. The van der Waals surface area contributed by atoms with Gasteiger partial charge in [0.05, 0.1) is 6.10 Å². The van der Waals surface area contributed by atoms with Crippen LogP contribution in [-0.4, -0.2) is 60.1 Å². The molecule has 2 aliphatic rings. The van der Waals surface area contributed by atoms with Gasteiger partial charge in [0.15, 0.2) is 6.61 Å². The predicted molar refractivity (Wildman–Crippen MR) is 125 cm³/mol. The first-order valence-corrected chi connectivity index (χ1v) is 12.3. The van der Waals surface area contributed by atoms with Gasteiger partial charge in [-0.1, -0.05) is 31.9 Å². The topological polar surface area (TPSA) is 96.3 Å². The fourth-order valence-electron chi connectivity index (χ4n) is 5.59. The lowest BCUT2D eigenvalue weighted by atomic mass is 9.73. The molecule has 7 nitrogen and oxygen atoms in total. The summed E-state index contributed by atoms with van der Waals surface area (Å²) in [4.78, 5) is 24.5. The highest BCUT2D eigenvalue weighted by Gasteiger charge is 2.45. The van der Waals surface area contributed by atoms with Gasteiger partial charge < -0.3 is 24.6 Å². The number of aliphatic carboxylic acids is 1. The summed E-state index contributed by atoms with van der Waals surface area (Å²) >= 11 is 0. The molecule has 2 aliphatic carbocycles. The summed E-state index contributed by atoms with van der Waals surface area (Å²) in [5, 5.41) is 19.9. The van der Waals surface area contributed by atoms with Crippen LogP contribution in [-0.2, 0) is 22.4 Å². The summed E-state index contributed by atoms with van der Waals surface area (Å²) in [5.41, 5.74) is 2.28. The normalized spacial score (nSPS) is 24.5. The number of benzene rings is 1. The van der Waals surface area contributed by atoms with Crippen molar-refractivity contribution in [3.05, 3.63) is 29.3 Å². The molecule has 7 heteroatoms. The number of carbonyl (C=O) groups excluding carboxylic acids is 1. The molecule has 0 unspecified atom stereocenters. The van der Waals surface area contributed by atoms with E-state index in [-0.39, 0.29) is 30.8 Å². The number of hydrogen-bond donors (Lipinski definition) is 2. The van der Waals surface area contributed by atoms with Crippen LogP contribution < -0.4 is 4.74 Å². The number of rotatable bonds is 11. The summed E-state index contributed by atoms with van der Waals surface area (Å²) in [5.74, 6) is 0.579. The fraction of sp³-hybridized carbons (Fsp3) is 0.692. The maximum atomic E-state index is 12.1. The zero-order valence-electron chi connectivity index (χ0n) is 20.2. The third-order valence-electron chi connectivity index (χ3n) is 7.28. The van der Waals surface area contributed by atoms with Crippen molar-refractivity contribution in [2.45, 2.75) is 76.9 Å². The van der Waals surface area contributed by atoms with Gasteiger partial charge in [-0.05, 0) is 79.9 Å². The first-order valence-electron chi connectivity index (χ1n) is 12.3. The highest BCUT2D eigenvalue weighted by atomic mass is 16.6. The molecular weight excluding hydrogens is 422 g/mol. The Balaban J connectivity index is 1.66. The van der Waals surface area contributed by atoms with E-state index in [1.54, 1.807) is 14.1 Å². The van der Waals surface area contributed by atoms with Crippen LogP contribution in [0.15, 0.2) is 18.2 Å². The van der Waals surface area contributed by atoms with Crippen molar-refractivity contribution in [3.63, 3.8) is 0 Å². The molecule has 1 aromatic carbocycles. The highest BCUT2D eigenvalue weighted by Crippen LogP contribution is 2.48. The van der Waals surface area contributed by atoms with E-state index in [2.05, 4.69) is 13.0 Å². The largest absolute Gasteiger partial charge is 0.482 e. The Morgan fingerprint density at radius 2 is 1.97 bits per heavy atom. The van der Waals surface area contributed by atoms with Crippen LogP contribution in [0.1, 0.15) is 63.0 Å². The van der Waals surface area contributed by atoms with Gasteiger partial charge >= 0.3 is 12.1 Å². The molecule has 0 bridgehead atoms. The zero-order valence-corrected chi connectivity index (χ0v) is 20.2. The average Bonchev–Trinajstić information content (AvgIpc) is 3.08. The monoisotopic (exact) mass is 461 g/mol. The van der Waals surface area contributed by atoms with Crippen LogP contribution in [0.5, 0.6) is 5.75 Å². The second kappa shape index (κ2) is 11.7. The molecule has 0 spiro atoms. The van der Waals surface area contributed by atoms with Crippen molar-refractivity contribution >= 4 is 12.1 Å². The molecule has 5 atom stereocenters. The molecule has 3 rings (SSSR count). The Morgan fingerprint density at radius 3 is 2.67 bits per heavy atom. The van der Waals surface area contributed by atoms with Crippen LogP contribution in [0.25, 0.3) is 0 Å².